The van der Waals surface area contributed by atoms with Gasteiger partial charge in [0.15, 0.2) is 0 Å². The molecule has 5 nitrogen and oxygen atoms in total. The number of nitrogens with one attached hydrogen (secondary N) is 1. The van der Waals surface area contributed by atoms with E-state index < -0.39 is 5.41 Å². The van der Waals surface area contributed by atoms with Gasteiger partial charge < -0.3 is 15.0 Å². The summed E-state index contributed by atoms with van der Waals surface area (Å²) in [5.74, 6) is 0.742. The van der Waals surface area contributed by atoms with E-state index in [1.807, 2.05) is 13.8 Å². The van der Waals surface area contributed by atoms with E-state index in [0.29, 0.717) is 51.8 Å². The summed E-state index contributed by atoms with van der Waals surface area (Å²) in [7, 11) is 0. The van der Waals surface area contributed by atoms with Gasteiger partial charge in [0.2, 0.25) is 5.91 Å². The summed E-state index contributed by atoms with van der Waals surface area (Å²) in [6.07, 6.45) is 0.860. The lowest BCUT2D eigenvalue weighted by atomic mass is 9.92. The van der Waals surface area contributed by atoms with Crippen molar-refractivity contribution in [3.63, 3.8) is 0 Å². The largest absolute Gasteiger partial charge is 0.490 e. The Labute approximate surface area is 187 Å². The number of anilines is 2. The predicted octanol–water partition coefficient (Wildman–Crippen LogP) is 6.04. The fourth-order valence-corrected chi connectivity index (χ4v) is 3.75. The predicted molar refractivity (Wildman–Crippen MR) is 122 cm³/mol. The summed E-state index contributed by atoms with van der Waals surface area (Å²) in [6, 6.07) is 9.99. The highest BCUT2D eigenvalue weighted by atomic mass is 35.5. The van der Waals surface area contributed by atoms with E-state index in [9.17, 15) is 9.59 Å². The molecule has 1 aliphatic heterocycles. The average molecular weight is 449 g/mol. The minimum absolute atomic E-state index is 0.00648. The van der Waals surface area contributed by atoms with Gasteiger partial charge in [0.05, 0.1) is 11.1 Å². The van der Waals surface area contributed by atoms with E-state index in [1.165, 1.54) is 0 Å². The van der Waals surface area contributed by atoms with Crippen LogP contribution in [0.1, 0.15) is 44.5 Å². The van der Waals surface area contributed by atoms with E-state index >= 15 is 0 Å². The standard InChI is InChI=1S/C23H26Cl2N2O3/c1-14(2)7-8-27-19-12-18(5-6-20(19)30-13-23(3,4)22(27)29)26-21(28)15-9-16(24)11-17(25)10-15/h5-6,9-12,14H,7-8,13H2,1-4H3,(H,26,28). The molecule has 2 aromatic carbocycles. The van der Waals surface area contributed by atoms with Crippen LogP contribution >= 0.6 is 23.2 Å². The van der Waals surface area contributed by atoms with Crippen LogP contribution in [0.15, 0.2) is 36.4 Å². The number of nitrogens with zero attached hydrogens (tertiary/aromatic N) is 1. The van der Waals surface area contributed by atoms with Crippen molar-refractivity contribution in [3.8, 4) is 5.75 Å². The van der Waals surface area contributed by atoms with Crippen molar-refractivity contribution in [2.24, 2.45) is 11.3 Å². The van der Waals surface area contributed by atoms with Crippen LogP contribution in [0, 0.1) is 11.3 Å². The van der Waals surface area contributed by atoms with Gasteiger partial charge in [0, 0.05) is 27.8 Å². The summed E-state index contributed by atoms with van der Waals surface area (Å²) >= 11 is 12.0. The Balaban J connectivity index is 1.92. The third kappa shape index (κ3) is 5.08. The van der Waals surface area contributed by atoms with Crippen molar-refractivity contribution in [1.29, 1.82) is 0 Å². The van der Waals surface area contributed by atoms with Crippen LogP contribution in [0.5, 0.6) is 5.75 Å². The summed E-state index contributed by atoms with van der Waals surface area (Å²) in [5.41, 5.74) is 0.929. The van der Waals surface area contributed by atoms with Crippen molar-refractivity contribution < 1.29 is 14.3 Å². The number of rotatable bonds is 5. The van der Waals surface area contributed by atoms with Crippen LogP contribution in [0.4, 0.5) is 11.4 Å². The number of hydrogen-bond acceptors (Lipinski definition) is 3. The van der Waals surface area contributed by atoms with Crippen LogP contribution in [0.3, 0.4) is 0 Å². The highest BCUT2D eigenvalue weighted by Gasteiger charge is 2.37. The van der Waals surface area contributed by atoms with Crippen LogP contribution < -0.4 is 15.0 Å². The Bertz CT molecular complexity index is 953. The first-order chi connectivity index (χ1) is 14.1. The summed E-state index contributed by atoms with van der Waals surface area (Å²) in [4.78, 5) is 27.7. The fourth-order valence-electron chi connectivity index (χ4n) is 3.22. The number of benzene rings is 2. The Morgan fingerprint density at radius 3 is 2.47 bits per heavy atom. The minimum Gasteiger partial charge on any atom is -0.490 e. The Hall–Kier alpha value is -2.24. The number of carbonyl (C=O) groups excluding carboxylic acids is 2. The molecule has 0 fully saturated rings. The van der Waals surface area contributed by atoms with E-state index in [2.05, 4.69) is 19.2 Å². The van der Waals surface area contributed by atoms with E-state index in [-0.39, 0.29) is 11.8 Å². The molecular weight excluding hydrogens is 423 g/mol. The lowest BCUT2D eigenvalue weighted by Crippen LogP contribution is -2.42. The molecular formula is C23H26Cl2N2O3. The average Bonchev–Trinajstić information content (AvgIpc) is 2.74. The number of hydrogen-bond donors (Lipinski definition) is 1. The molecule has 1 heterocycles. The quantitative estimate of drug-likeness (QED) is 0.605. The zero-order valence-corrected chi connectivity index (χ0v) is 19.1. The van der Waals surface area contributed by atoms with Gasteiger partial charge in [-0.3, -0.25) is 9.59 Å². The molecule has 160 valence electrons. The van der Waals surface area contributed by atoms with Gasteiger partial charge in [-0.05, 0) is 62.6 Å². The molecule has 2 amide bonds. The molecule has 0 saturated carbocycles. The van der Waals surface area contributed by atoms with Gasteiger partial charge >= 0.3 is 0 Å². The molecule has 7 heteroatoms. The second kappa shape index (κ2) is 8.86. The van der Waals surface area contributed by atoms with Crippen LogP contribution in [0.2, 0.25) is 10.0 Å². The molecule has 0 radical (unpaired) electrons. The molecule has 0 saturated heterocycles. The van der Waals surface area contributed by atoms with Crippen LogP contribution in [0.25, 0.3) is 0 Å². The Kier molecular flexibility index (Phi) is 6.63. The first-order valence-electron chi connectivity index (χ1n) is 9.93. The van der Waals surface area contributed by atoms with Gasteiger partial charge in [-0.2, -0.15) is 0 Å². The van der Waals surface area contributed by atoms with Crippen molar-refractivity contribution >= 4 is 46.4 Å². The Morgan fingerprint density at radius 2 is 1.83 bits per heavy atom. The lowest BCUT2D eigenvalue weighted by molar-refractivity contribution is -0.127. The highest BCUT2D eigenvalue weighted by Crippen LogP contribution is 2.38. The van der Waals surface area contributed by atoms with E-state index in [4.69, 9.17) is 27.9 Å². The Morgan fingerprint density at radius 1 is 1.17 bits per heavy atom. The third-order valence-corrected chi connectivity index (χ3v) is 5.41. The number of ether oxygens (including phenoxy) is 1. The minimum atomic E-state index is -0.642. The summed E-state index contributed by atoms with van der Waals surface area (Å²) < 4.78 is 5.94. The number of carbonyl (C=O) groups is 2. The normalized spacial score (nSPS) is 15.4. The number of amides is 2. The van der Waals surface area contributed by atoms with Crippen LogP contribution in [-0.2, 0) is 4.79 Å². The first-order valence-corrected chi connectivity index (χ1v) is 10.7. The van der Waals surface area contributed by atoms with E-state index in [1.54, 1.807) is 41.3 Å². The maximum absolute atomic E-state index is 13.2. The van der Waals surface area contributed by atoms with Gasteiger partial charge in [0.1, 0.15) is 12.4 Å². The molecule has 2 aromatic rings. The molecule has 1 aliphatic rings. The molecule has 0 aromatic heterocycles. The van der Waals surface area contributed by atoms with Gasteiger partial charge in [-0.15, -0.1) is 0 Å². The topological polar surface area (TPSA) is 58.6 Å². The molecule has 0 bridgehead atoms. The molecule has 3 rings (SSSR count). The lowest BCUT2D eigenvalue weighted by Gasteiger charge is -2.28. The van der Waals surface area contributed by atoms with E-state index in [0.717, 1.165) is 6.42 Å². The third-order valence-electron chi connectivity index (χ3n) is 4.98. The smallest absolute Gasteiger partial charge is 0.255 e. The summed E-state index contributed by atoms with van der Waals surface area (Å²) in [6.45, 7) is 8.89. The summed E-state index contributed by atoms with van der Waals surface area (Å²) in [5, 5.41) is 3.62. The second-order valence-corrected chi connectivity index (χ2v) is 9.48. The van der Waals surface area contributed by atoms with Gasteiger partial charge in [-0.1, -0.05) is 37.0 Å². The number of fused-ring (bicyclic) bond motifs is 1. The molecule has 0 unspecified atom stereocenters. The molecule has 0 atom stereocenters. The van der Waals surface area contributed by atoms with Crippen molar-refractivity contribution in [3.05, 3.63) is 52.0 Å². The SMILES string of the molecule is CC(C)CCN1C(=O)C(C)(C)COc2ccc(NC(=O)c3cc(Cl)cc(Cl)c3)cc21. The zero-order valence-electron chi connectivity index (χ0n) is 17.6. The van der Waals surface area contributed by atoms with Gasteiger partial charge in [0.25, 0.3) is 5.91 Å². The fraction of sp³-hybridized carbons (Fsp3) is 0.391. The zero-order chi connectivity index (χ0) is 22.1. The maximum atomic E-state index is 13.2. The second-order valence-electron chi connectivity index (χ2n) is 8.61. The molecule has 1 N–H and O–H groups in total. The van der Waals surface area contributed by atoms with Crippen LogP contribution in [-0.4, -0.2) is 25.0 Å². The molecule has 30 heavy (non-hydrogen) atoms. The highest BCUT2D eigenvalue weighted by molar-refractivity contribution is 6.35. The van der Waals surface area contributed by atoms with Crippen molar-refractivity contribution in [1.82, 2.24) is 0 Å². The monoisotopic (exact) mass is 448 g/mol. The van der Waals surface area contributed by atoms with Crippen molar-refractivity contribution in [2.75, 3.05) is 23.4 Å². The molecule has 0 spiro atoms. The van der Waals surface area contributed by atoms with Gasteiger partial charge in [-0.25, -0.2) is 0 Å². The van der Waals surface area contributed by atoms with Crippen molar-refractivity contribution in [2.45, 2.75) is 34.1 Å². The maximum Gasteiger partial charge on any atom is 0.255 e. The molecule has 0 aliphatic carbocycles. The first kappa shape index (κ1) is 22.4. The number of halogens is 2.